The summed E-state index contributed by atoms with van der Waals surface area (Å²) >= 11 is 0. The van der Waals surface area contributed by atoms with Crippen molar-refractivity contribution in [3.8, 4) is 67.5 Å². The molecule has 8 rings (SSSR count). The second-order valence-electron chi connectivity index (χ2n) is 21.3. The smallest absolute Gasteiger partial charge is 0.149 e. The Morgan fingerprint density at radius 2 is 1.14 bits per heavy atom. The Labute approximate surface area is 378 Å². The van der Waals surface area contributed by atoms with Crippen LogP contribution in [-0.4, -0.2) is 19.6 Å². The van der Waals surface area contributed by atoms with E-state index in [4.69, 9.17) is 12.7 Å². The molecular weight excluding hydrogens is 767 g/mol. The molecule has 0 bridgehead atoms. The zero-order valence-corrected chi connectivity index (χ0v) is 39.1. The molecule has 2 aromatic heterocycles. The molecule has 0 fully saturated rings. The van der Waals surface area contributed by atoms with Crippen molar-refractivity contribution in [3.63, 3.8) is 0 Å². The molecule has 0 aliphatic carbocycles. The van der Waals surface area contributed by atoms with Crippen molar-refractivity contribution in [3.05, 3.63) is 167 Å². The van der Waals surface area contributed by atoms with Crippen LogP contribution in [0.4, 0.5) is 0 Å². The zero-order chi connectivity index (χ0) is 46.8. The van der Waals surface area contributed by atoms with Crippen LogP contribution in [0.25, 0.3) is 72.7 Å². The number of hydrogen-bond acceptors (Lipinski definition) is 3. The van der Waals surface area contributed by atoms with Gasteiger partial charge in [0, 0.05) is 31.2 Å². The number of aromatic hydroxyl groups is 1. The molecule has 0 spiro atoms. The maximum Gasteiger partial charge on any atom is 0.149 e. The van der Waals surface area contributed by atoms with Crippen molar-refractivity contribution >= 4 is 11.0 Å². The largest absolute Gasteiger partial charge is 0.507 e. The molecule has 63 heavy (non-hydrogen) atoms. The Kier molecular flexibility index (Phi) is 10.2. The highest BCUT2D eigenvalue weighted by Crippen LogP contribution is 2.46. The molecule has 0 atom stereocenters. The van der Waals surface area contributed by atoms with E-state index in [0.717, 1.165) is 72.5 Å². The van der Waals surface area contributed by atoms with Crippen LogP contribution in [0.3, 0.4) is 0 Å². The van der Waals surface area contributed by atoms with E-state index in [2.05, 4.69) is 191 Å². The summed E-state index contributed by atoms with van der Waals surface area (Å²) in [6.07, 6.45) is 1.85. The lowest BCUT2D eigenvalue weighted by Gasteiger charge is -2.28. The Hall–Kier alpha value is -6.26. The Balaban J connectivity index is 1.44. The number of rotatable bonds is 6. The van der Waals surface area contributed by atoms with Crippen LogP contribution in [0.1, 0.15) is 114 Å². The minimum atomic E-state index is -1.03. The number of fused-ring (bicyclic) bond motifs is 1. The third-order valence-electron chi connectivity index (χ3n) is 12.3. The number of para-hydroxylation sites is 1. The lowest BCUT2D eigenvalue weighted by atomic mass is 9.79. The van der Waals surface area contributed by atoms with Crippen molar-refractivity contribution in [1.29, 1.82) is 0 Å². The van der Waals surface area contributed by atoms with Gasteiger partial charge in [0.25, 0.3) is 0 Å². The molecule has 4 heteroatoms. The van der Waals surface area contributed by atoms with E-state index >= 15 is 0 Å². The lowest BCUT2D eigenvalue weighted by molar-refractivity contribution is 0.446. The molecule has 0 unspecified atom stereocenters. The molecule has 2 heterocycles. The van der Waals surface area contributed by atoms with Crippen molar-refractivity contribution in [1.82, 2.24) is 14.5 Å². The first-order valence-electron chi connectivity index (χ1n) is 23.3. The fourth-order valence-corrected chi connectivity index (χ4v) is 8.42. The van der Waals surface area contributed by atoms with Crippen LogP contribution in [0, 0.1) is 6.88 Å². The summed E-state index contributed by atoms with van der Waals surface area (Å²) in [6, 6.07) is 46.7. The summed E-state index contributed by atoms with van der Waals surface area (Å²) in [5.41, 5.74) is 15.8. The van der Waals surface area contributed by atoms with Crippen LogP contribution >= 0.6 is 0 Å². The second-order valence-corrected chi connectivity index (χ2v) is 21.3. The zero-order valence-electron chi connectivity index (χ0n) is 41.1. The molecule has 320 valence electrons. The van der Waals surface area contributed by atoms with Gasteiger partial charge in [0.2, 0.25) is 0 Å². The minimum Gasteiger partial charge on any atom is -0.507 e. The van der Waals surface area contributed by atoms with Gasteiger partial charge in [-0.05, 0) is 116 Å². The third kappa shape index (κ3) is 8.61. The van der Waals surface area contributed by atoms with Gasteiger partial charge in [-0.2, -0.15) is 0 Å². The number of phenols is 1. The quantitative estimate of drug-likeness (QED) is 0.182. The van der Waals surface area contributed by atoms with Gasteiger partial charge in [0.05, 0.1) is 28.0 Å². The van der Waals surface area contributed by atoms with E-state index in [1.807, 2.05) is 36.5 Å². The molecule has 0 aliphatic heterocycles. The summed E-state index contributed by atoms with van der Waals surface area (Å²) in [5.74, 6) is 0.921. The van der Waals surface area contributed by atoms with Crippen LogP contribution in [0.5, 0.6) is 5.75 Å². The fraction of sp³-hybridized carbons (Fsp3) is 0.288. The van der Waals surface area contributed by atoms with E-state index in [1.54, 1.807) is 0 Å². The van der Waals surface area contributed by atoms with Gasteiger partial charge in [-0.15, -0.1) is 0 Å². The fourth-order valence-electron chi connectivity index (χ4n) is 8.42. The molecule has 8 aromatic rings. The molecule has 0 saturated carbocycles. The number of aromatic nitrogens is 3. The topological polar surface area (TPSA) is 50.9 Å². The Morgan fingerprint density at radius 3 is 1.79 bits per heavy atom. The standard InChI is InChI=1S/C59H63N3O/c1-37-22-24-38(25-23-37)40-28-29-60-50(33-40)42-30-41(31-44(32-42)57(5,6)7)46-20-17-21-52-53(46)61-55(48-35-45(58(8,9)10)36-49(54(48)63)59(11,12)13)62(52)51-27-26-43(56(2,3)4)34-47(51)39-18-15-14-16-19-39/h14-36,63H,1-13H3/i1D2. The number of phenolic OH excluding ortho intramolecular Hbond substituents is 1. The summed E-state index contributed by atoms with van der Waals surface area (Å²) < 4.78 is 17.9. The first-order valence-corrected chi connectivity index (χ1v) is 22.2. The molecule has 0 radical (unpaired) electrons. The predicted molar refractivity (Wildman–Crippen MR) is 267 cm³/mol. The summed E-state index contributed by atoms with van der Waals surface area (Å²) in [6.45, 7) is 25.6. The van der Waals surface area contributed by atoms with Gasteiger partial charge < -0.3 is 5.11 Å². The highest BCUT2D eigenvalue weighted by atomic mass is 16.3. The SMILES string of the molecule is [2H]C([2H])c1ccc(-c2ccnc(-c3cc(-c4cccc5c4nc(-c4cc(C(C)(C)C)cc(C(C)(C)C)c4O)n5-c4ccc(C(C)(C)C)cc4-c4ccccc4)cc(C(C)(C)C)c3)c2)cc1. The third-order valence-corrected chi connectivity index (χ3v) is 12.3. The van der Waals surface area contributed by atoms with Gasteiger partial charge in [-0.25, -0.2) is 4.98 Å². The molecular formula is C59H63N3O. The average molecular weight is 832 g/mol. The first kappa shape index (κ1) is 40.8. The Bertz CT molecular complexity index is 3040. The van der Waals surface area contributed by atoms with Crippen LogP contribution < -0.4 is 0 Å². The highest BCUT2D eigenvalue weighted by molar-refractivity contribution is 5.98. The molecule has 6 aromatic carbocycles. The minimum absolute atomic E-state index is 0.0845. The Morgan fingerprint density at radius 1 is 0.492 bits per heavy atom. The van der Waals surface area contributed by atoms with Gasteiger partial charge in [-0.3, -0.25) is 9.55 Å². The molecule has 0 amide bonds. The summed E-state index contributed by atoms with van der Waals surface area (Å²) in [5, 5.41) is 12.5. The van der Waals surface area contributed by atoms with E-state index in [1.165, 1.54) is 11.1 Å². The van der Waals surface area contributed by atoms with Crippen molar-refractivity contribution in [2.24, 2.45) is 0 Å². The summed E-state index contributed by atoms with van der Waals surface area (Å²) in [4.78, 5) is 10.6. The van der Waals surface area contributed by atoms with E-state index in [0.29, 0.717) is 17.0 Å². The molecule has 4 nitrogen and oxygen atoms in total. The number of hydrogen-bond donors (Lipinski definition) is 1. The molecule has 0 saturated heterocycles. The van der Waals surface area contributed by atoms with Crippen LogP contribution in [0.15, 0.2) is 140 Å². The number of benzene rings is 6. The summed E-state index contributed by atoms with van der Waals surface area (Å²) in [7, 11) is 0. The number of pyridine rings is 1. The van der Waals surface area contributed by atoms with Crippen molar-refractivity contribution < 1.29 is 7.85 Å². The number of nitrogens with zero attached hydrogens (tertiary/aromatic N) is 3. The monoisotopic (exact) mass is 832 g/mol. The van der Waals surface area contributed by atoms with Crippen molar-refractivity contribution in [2.75, 3.05) is 0 Å². The van der Waals surface area contributed by atoms with E-state index < -0.39 is 6.88 Å². The normalized spacial score (nSPS) is 13.1. The maximum atomic E-state index is 12.5. The van der Waals surface area contributed by atoms with Gasteiger partial charge in [0.1, 0.15) is 11.6 Å². The van der Waals surface area contributed by atoms with Gasteiger partial charge in [0.15, 0.2) is 0 Å². The van der Waals surface area contributed by atoms with E-state index in [9.17, 15) is 5.11 Å². The van der Waals surface area contributed by atoms with Gasteiger partial charge >= 0.3 is 0 Å². The van der Waals surface area contributed by atoms with Gasteiger partial charge in [-0.1, -0.05) is 174 Å². The number of imidazole rings is 1. The maximum absolute atomic E-state index is 12.5. The first-order chi connectivity index (χ1) is 30.5. The highest BCUT2D eigenvalue weighted by Gasteiger charge is 2.30. The average Bonchev–Trinajstić information content (AvgIpc) is 3.64. The predicted octanol–water partition coefficient (Wildman–Crippen LogP) is 16.0. The van der Waals surface area contributed by atoms with Crippen LogP contribution in [-0.2, 0) is 21.7 Å². The lowest BCUT2D eigenvalue weighted by Crippen LogP contribution is -2.17. The number of aryl methyl sites for hydroxylation is 1. The van der Waals surface area contributed by atoms with E-state index in [-0.39, 0.29) is 27.4 Å². The van der Waals surface area contributed by atoms with Crippen LogP contribution in [0.2, 0.25) is 0 Å². The molecule has 0 aliphatic rings. The molecule has 1 N–H and O–H groups in total. The van der Waals surface area contributed by atoms with Crippen molar-refractivity contribution in [2.45, 2.75) is 112 Å². The second kappa shape index (κ2) is 15.8.